The molecule has 2 aromatic heterocycles. The molecule has 5 nitrogen and oxygen atoms in total. The molecule has 0 bridgehead atoms. The highest BCUT2D eigenvalue weighted by Gasteiger charge is 2.28. The lowest BCUT2D eigenvalue weighted by Crippen LogP contribution is -2.27. The van der Waals surface area contributed by atoms with Gasteiger partial charge in [-0.1, -0.05) is 13.8 Å². The third kappa shape index (κ3) is 4.93. The second kappa shape index (κ2) is 9.17. The summed E-state index contributed by atoms with van der Waals surface area (Å²) in [7, 11) is 0. The predicted molar refractivity (Wildman–Crippen MR) is 122 cm³/mol. The molecule has 2 heterocycles. The summed E-state index contributed by atoms with van der Waals surface area (Å²) in [6.07, 6.45) is 13.9. The Morgan fingerprint density at radius 2 is 1.73 bits per heavy atom. The van der Waals surface area contributed by atoms with Crippen LogP contribution in [0.5, 0.6) is 0 Å². The van der Waals surface area contributed by atoms with Gasteiger partial charge in [0.05, 0.1) is 11.9 Å². The first kappa shape index (κ1) is 21.5. The van der Waals surface area contributed by atoms with E-state index in [-0.39, 0.29) is 0 Å². The maximum absolute atomic E-state index is 6.09. The molecule has 0 saturated heterocycles. The molecule has 30 heavy (non-hydrogen) atoms. The van der Waals surface area contributed by atoms with Crippen molar-refractivity contribution in [1.82, 2.24) is 19.7 Å². The van der Waals surface area contributed by atoms with Crippen molar-refractivity contribution in [3.05, 3.63) is 30.0 Å². The van der Waals surface area contributed by atoms with Crippen LogP contribution in [0.3, 0.4) is 0 Å². The van der Waals surface area contributed by atoms with Gasteiger partial charge < -0.3 is 5.73 Å². The Labute approximate surface area is 181 Å². The van der Waals surface area contributed by atoms with Crippen LogP contribution in [0.15, 0.2) is 18.5 Å². The van der Waals surface area contributed by atoms with Gasteiger partial charge in [0, 0.05) is 35.5 Å². The van der Waals surface area contributed by atoms with Crippen molar-refractivity contribution < 1.29 is 0 Å². The van der Waals surface area contributed by atoms with Crippen LogP contribution in [-0.4, -0.2) is 25.8 Å². The van der Waals surface area contributed by atoms with Crippen molar-refractivity contribution in [3.63, 3.8) is 0 Å². The fourth-order valence-electron chi connectivity index (χ4n) is 5.00. The van der Waals surface area contributed by atoms with Crippen molar-refractivity contribution in [2.45, 2.75) is 97.1 Å². The largest absolute Gasteiger partial charge is 0.328 e. The quantitative estimate of drug-likeness (QED) is 0.623. The van der Waals surface area contributed by atoms with Gasteiger partial charge in [-0.25, -0.2) is 9.97 Å². The lowest BCUT2D eigenvalue weighted by Gasteiger charge is -2.29. The average Bonchev–Trinajstić information content (AvgIpc) is 3.45. The molecule has 1 unspecified atom stereocenters. The van der Waals surface area contributed by atoms with Gasteiger partial charge in [0.25, 0.3) is 0 Å². The molecule has 2 atom stereocenters. The summed E-state index contributed by atoms with van der Waals surface area (Å²) in [5, 5.41) is 4.71. The molecule has 164 valence electrons. The van der Waals surface area contributed by atoms with E-state index in [1.165, 1.54) is 56.2 Å². The van der Waals surface area contributed by atoms with Crippen molar-refractivity contribution in [2.75, 3.05) is 0 Å². The zero-order valence-corrected chi connectivity index (χ0v) is 19.2. The van der Waals surface area contributed by atoms with Crippen LogP contribution >= 0.6 is 0 Å². The van der Waals surface area contributed by atoms with Crippen LogP contribution in [-0.2, 0) is 6.42 Å². The second-order valence-electron chi connectivity index (χ2n) is 10.3. The van der Waals surface area contributed by atoms with E-state index < -0.39 is 0 Å². The first-order valence-electron chi connectivity index (χ1n) is 12.1. The maximum atomic E-state index is 6.09. The Kier molecular flexibility index (Phi) is 6.57. The van der Waals surface area contributed by atoms with Crippen molar-refractivity contribution in [3.8, 4) is 11.3 Å². The molecule has 2 aliphatic rings. The van der Waals surface area contributed by atoms with Crippen molar-refractivity contribution >= 4 is 0 Å². The molecule has 2 aliphatic carbocycles. The Morgan fingerprint density at radius 3 is 2.40 bits per heavy atom. The summed E-state index contributed by atoms with van der Waals surface area (Å²) in [5.74, 6) is 3.53. The minimum Gasteiger partial charge on any atom is -0.328 e. The zero-order chi connectivity index (χ0) is 21.3. The number of nitrogens with two attached hydrogens (primary N) is 1. The molecule has 0 radical (unpaired) electrons. The summed E-state index contributed by atoms with van der Waals surface area (Å²) in [6.45, 7) is 9.08. The second-order valence-corrected chi connectivity index (χ2v) is 10.3. The van der Waals surface area contributed by atoms with Crippen molar-refractivity contribution in [1.29, 1.82) is 0 Å². The van der Waals surface area contributed by atoms with Gasteiger partial charge in [-0.15, -0.1) is 0 Å². The van der Waals surface area contributed by atoms with Gasteiger partial charge >= 0.3 is 0 Å². The van der Waals surface area contributed by atoms with Crippen LogP contribution in [0.4, 0.5) is 0 Å². The van der Waals surface area contributed by atoms with Crippen LogP contribution in [0.2, 0.25) is 0 Å². The van der Waals surface area contributed by atoms with E-state index in [9.17, 15) is 0 Å². The van der Waals surface area contributed by atoms with E-state index in [4.69, 9.17) is 15.8 Å². The normalized spacial score (nSPS) is 24.2. The fourth-order valence-corrected chi connectivity index (χ4v) is 5.00. The van der Waals surface area contributed by atoms with Crippen LogP contribution in [0.25, 0.3) is 11.3 Å². The van der Waals surface area contributed by atoms with Gasteiger partial charge in [0.2, 0.25) is 0 Å². The summed E-state index contributed by atoms with van der Waals surface area (Å²) in [6, 6.07) is 2.85. The topological polar surface area (TPSA) is 69.6 Å². The predicted octanol–water partition coefficient (Wildman–Crippen LogP) is 5.52. The minimum absolute atomic E-state index is 0.354. The van der Waals surface area contributed by atoms with E-state index in [0.29, 0.717) is 23.9 Å². The molecule has 0 aromatic carbocycles. The third-order valence-corrected chi connectivity index (χ3v) is 7.37. The first-order valence-corrected chi connectivity index (χ1v) is 12.1. The highest BCUT2D eigenvalue weighted by atomic mass is 15.3. The van der Waals surface area contributed by atoms with Gasteiger partial charge in [0.15, 0.2) is 0 Å². The Balaban J connectivity index is 1.51. The average molecular weight is 410 g/mol. The lowest BCUT2D eigenvalue weighted by atomic mass is 9.78. The van der Waals surface area contributed by atoms with E-state index >= 15 is 0 Å². The van der Waals surface area contributed by atoms with E-state index in [1.807, 2.05) is 12.4 Å². The zero-order valence-electron chi connectivity index (χ0n) is 19.2. The summed E-state index contributed by atoms with van der Waals surface area (Å²) < 4.78 is 2.19. The first-order chi connectivity index (χ1) is 14.4. The molecule has 4 rings (SSSR count). The molecular weight excluding hydrogens is 370 g/mol. The standard InChI is InChI=1S/C25H39N5/c1-16(2)30-24(14-20-5-6-20)22(15-28-30)23-11-12-27-25(29-23)18(4)17(3)13-19-7-9-21(26)10-8-19/h11-12,15-21H,5-10,13-14,26H2,1-4H3/t17-,18?,19-,21-/m1/s1. The van der Waals surface area contributed by atoms with Crippen molar-refractivity contribution in [2.24, 2.45) is 23.5 Å². The van der Waals surface area contributed by atoms with E-state index in [2.05, 4.69) is 43.4 Å². The molecule has 2 fully saturated rings. The lowest BCUT2D eigenvalue weighted by molar-refractivity contribution is 0.261. The van der Waals surface area contributed by atoms with Gasteiger partial charge in [0.1, 0.15) is 5.82 Å². The summed E-state index contributed by atoms with van der Waals surface area (Å²) in [5.41, 5.74) is 9.66. The number of nitrogens with zero attached hydrogens (tertiary/aromatic N) is 4. The monoisotopic (exact) mass is 409 g/mol. The third-order valence-electron chi connectivity index (χ3n) is 7.37. The molecule has 5 heteroatoms. The molecular formula is C25H39N5. The highest BCUT2D eigenvalue weighted by molar-refractivity contribution is 5.61. The number of rotatable bonds is 8. The number of aromatic nitrogens is 4. The van der Waals surface area contributed by atoms with Crippen LogP contribution in [0.1, 0.15) is 96.1 Å². The Hall–Kier alpha value is -1.75. The molecule has 0 aliphatic heterocycles. The molecule has 2 N–H and O–H groups in total. The maximum Gasteiger partial charge on any atom is 0.132 e. The van der Waals surface area contributed by atoms with Gasteiger partial charge in [-0.3, -0.25) is 4.68 Å². The van der Waals surface area contributed by atoms with Crippen LogP contribution in [0, 0.1) is 17.8 Å². The summed E-state index contributed by atoms with van der Waals surface area (Å²) >= 11 is 0. The smallest absolute Gasteiger partial charge is 0.132 e. The molecule has 2 saturated carbocycles. The van der Waals surface area contributed by atoms with Gasteiger partial charge in [-0.05, 0) is 89.0 Å². The molecule has 0 spiro atoms. The van der Waals surface area contributed by atoms with Crippen LogP contribution < -0.4 is 5.73 Å². The fraction of sp³-hybridized carbons (Fsp3) is 0.720. The number of hydrogen-bond donors (Lipinski definition) is 1. The SMILES string of the molecule is CC(c1nccc(-c2cnn(C(C)C)c2CC2CC2)n1)[C@H](C)C[C@H]1CC[C@H](N)CC1. The van der Waals surface area contributed by atoms with E-state index in [1.54, 1.807) is 0 Å². The van der Waals surface area contributed by atoms with Gasteiger partial charge in [-0.2, -0.15) is 5.10 Å². The summed E-state index contributed by atoms with van der Waals surface area (Å²) in [4.78, 5) is 9.72. The molecule has 2 aromatic rings. The minimum atomic E-state index is 0.354. The van der Waals surface area contributed by atoms with E-state index in [0.717, 1.165) is 29.8 Å². The number of hydrogen-bond acceptors (Lipinski definition) is 4. The molecule has 0 amide bonds. The highest BCUT2D eigenvalue weighted by Crippen LogP contribution is 2.37. The Bertz CT molecular complexity index is 830. The Morgan fingerprint density at radius 1 is 1.03 bits per heavy atom.